The van der Waals surface area contributed by atoms with Crippen molar-refractivity contribution in [1.29, 1.82) is 0 Å². The highest BCUT2D eigenvalue weighted by atomic mass is 16.3. The normalized spacial score (nSPS) is 11.8. The maximum Gasteiger partial charge on any atom is 0.122 e. The highest BCUT2D eigenvalue weighted by Crippen LogP contribution is 2.35. The Labute approximate surface area is 106 Å². The SMILES string of the molecule is CCCCCc1cc(C)cc(C(C)(C)C)c1O. The zero-order valence-corrected chi connectivity index (χ0v) is 11.9. The molecule has 0 amide bonds. The minimum atomic E-state index is 0.00953. The first-order valence-corrected chi connectivity index (χ1v) is 6.69. The van der Waals surface area contributed by atoms with Gasteiger partial charge < -0.3 is 5.11 Å². The lowest BCUT2D eigenvalue weighted by molar-refractivity contribution is 0.438. The van der Waals surface area contributed by atoms with Crippen LogP contribution in [0.15, 0.2) is 12.1 Å². The topological polar surface area (TPSA) is 20.2 Å². The van der Waals surface area contributed by atoms with Crippen molar-refractivity contribution in [2.75, 3.05) is 0 Å². The Hall–Kier alpha value is -0.980. The van der Waals surface area contributed by atoms with Gasteiger partial charge >= 0.3 is 0 Å². The van der Waals surface area contributed by atoms with E-state index in [-0.39, 0.29) is 5.41 Å². The molecule has 0 saturated heterocycles. The van der Waals surface area contributed by atoms with Crippen LogP contribution in [-0.2, 0) is 11.8 Å². The predicted octanol–water partition coefficient (Wildman–Crippen LogP) is 4.73. The van der Waals surface area contributed by atoms with E-state index in [1.54, 1.807) is 0 Å². The molecule has 0 spiro atoms. The number of rotatable bonds is 4. The van der Waals surface area contributed by atoms with E-state index in [4.69, 9.17) is 0 Å². The number of unbranched alkanes of at least 4 members (excludes halogenated alkanes) is 2. The number of hydrogen-bond donors (Lipinski definition) is 1. The van der Waals surface area contributed by atoms with Crippen LogP contribution in [0.3, 0.4) is 0 Å². The summed E-state index contributed by atoms with van der Waals surface area (Å²) in [7, 11) is 0. The summed E-state index contributed by atoms with van der Waals surface area (Å²) < 4.78 is 0. The van der Waals surface area contributed by atoms with Crippen molar-refractivity contribution in [3.05, 3.63) is 28.8 Å². The van der Waals surface area contributed by atoms with E-state index in [0.717, 1.165) is 24.0 Å². The van der Waals surface area contributed by atoms with E-state index in [1.807, 2.05) is 0 Å². The molecule has 96 valence electrons. The minimum absolute atomic E-state index is 0.00953. The molecule has 0 aliphatic carbocycles. The molecule has 0 bridgehead atoms. The van der Waals surface area contributed by atoms with Crippen LogP contribution in [0, 0.1) is 6.92 Å². The molecule has 0 unspecified atom stereocenters. The van der Waals surface area contributed by atoms with Crippen molar-refractivity contribution in [3.8, 4) is 5.75 Å². The van der Waals surface area contributed by atoms with Gasteiger partial charge in [-0.15, -0.1) is 0 Å². The Balaban J connectivity index is 3.02. The summed E-state index contributed by atoms with van der Waals surface area (Å²) in [6, 6.07) is 4.24. The summed E-state index contributed by atoms with van der Waals surface area (Å²) in [5, 5.41) is 10.3. The molecule has 0 atom stereocenters. The molecule has 17 heavy (non-hydrogen) atoms. The number of hydrogen-bond acceptors (Lipinski definition) is 1. The fourth-order valence-corrected chi connectivity index (χ4v) is 2.18. The molecular weight excluding hydrogens is 208 g/mol. The summed E-state index contributed by atoms with van der Waals surface area (Å²) >= 11 is 0. The van der Waals surface area contributed by atoms with Crippen LogP contribution >= 0.6 is 0 Å². The molecule has 0 radical (unpaired) electrons. The molecule has 0 fully saturated rings. The maximum absolute atomic E-state index is 10.3. The predicted molar refractivity (Wildman–Crippen MR) is 74.8 cm³/mol. The van der Waals surface area contributed by atoms with Crippen LogP contribution in [0.2, 0.25) is 0 Å². The molecule has 1 heteroatoms. The van der Waals surface area contributed by atoms with Crippen LogP contribution in [0.25, 0.3) is 0 Å². The van der Waals surface area contributed by atoms with Crippen molar-refractivity contribution in [2.24, 2.45) is 0 Å². The lowest BCUT2D eigenvalue weighted by Gasteiger charge is -2.23. The van der Waals surface area contributed by atoms with Crippen molar-refractivity contribution in [1.82, 2.24) is 0 Å². The number of aromatic hydroxyl groups is 1. The lowest BCUT2D eigenvalue weighted by atomic mass is 9.83. The van der Waals surface area contributed by atoms with E-state index < -0.39 is 0 Å². The number of phenols is 1. The third-order valence-electron chi connectivity index (χ3n) is 3.19. The molecule has 1 aromatic rings. The fourth-order valence-electron chi connectivity index (χ4n) is 2.18. The van der Waals surface area contributed by atoms with Crippen molar-refractivity contribution < 1.29 is 5.11 Å². The van der Waals surface area contributed by atoms with Gasteiger partial charge in [-0.05, 0) is 36.3 Å². The summed E-state index contributed by atoms with van der Waals surface area (Å²) in [6.45, 7) is 10.8. The van der Waals surface area contributed by atoms with Gasteiger partial charge in [0.2, 0.25) is 0 Å². The Morgan fingerprint density at radius 3 is 2.29 bits per heavy atom. The highest BCUT2D eigenvalue weighted by Gasteiger charge is 2.20. The Bertz CT molecular complexity index is 372. The third kappa shape index (κ3) is 3.76. The van der Waals surface area contributed by atoms with Gasteiger partial charge in [0.25, 0.3) is 0 Å². The molecule has 1 rings (SSSR count). The van der Waals surface area contributed by atoms with Crippen LogP contribution in [0.1, 0.15) is 63.6 Å². The average molecular weight is 234 g/mol. The zero-order valence-electron chi connectivity index (χ0n) is 11.9. The molecule has 0 aliphatic rings. The van der Waals surface area contributed by atoms with Gasteiger partial charge in [0.05, 0.1) is 0 Å². The second kappa shape index (κ2) is 5.57. The van der Waals surface area contributed by atoms with E-state index in [1.165, 1.54) is 18.4 Å². The van der Waals surface area contributed by atoms with Crippen LogP contribution in [0.5, 0.6) is 5.75 Å². The smallest absolute Gasteiger partial charge is 0.122 e. The molecule has 0 heterocycles. The molecule has 1 N–H and O–H groups in total. The average Bonchev–Trinajstić information content (AvgIpc) is 2.21. The Morgan fingerprint density at radius 1 is 1.12 bits per heavy atom. The maximum atomic E-state index is 10.3. The van der Waals surface area contributed by atoms with E-state index in [0.29, 0.717) is 5.75 Å². The largest absolute Gasteiger partial charge is 0.507 e. The van der Waals surface area contributed by atoms with Gasteiger partial charge in [-0.25, -0.2) is 0 Å². The molecule has 1 nitrogen and oxygen atoms in total. The van der Waals surface area contributed by atoms with Crippen molar-refractivity contribution in [2.45, 2.75) is 65.7 Å². The molecular formula is C16H26O. The number of aryl methyl sites for hydroxylation is 2. The van der Waals surface area contributed by atoms with Gasteiger partial charge in [-0.1, -0.05) is 58.2 Å². The molecule has 1 aromatic carbocycles. The Kier molecular flexibility index (Phi) is 4.62. The molecule has 0 aliphatic heterocycles. The highest BCUT2D eigenvalue weighted by molar-refractivity contribution is 5.46. The van der Waals surface area contributed by atoms with E-state index in [9.17, 15) is 5.11 Å². The summed E-state index contributed by atoms with van der Waals surface area (Å²) in [5.74, 6) is 0.513. The third-order valence-corrected chi connectivity index (χ3v) is 3.19. The fraction of sp³-hybridized carbons (Fsp3) is 0.625. The number of benzene rings is 1. The Morgan fingerprint density at radius 2 is 1.76 bits per heavy atom. The second-order valence-corrected chi connectivity index (χ2v) is 6.03. The monoisotopic (exact) mass is 234 g/mol. The van der Waals surface area contributed by atoms with Crippen molar-refractivity contribution >= 4 is 0 Å². The van der Waals surface area contributed by atoms with Crippen LogP contribution in [-0.4, -0.2) is 5.11 Å². The quantitative estimate of drug-likeness (QED) is 0.747. The summed E-state index contributed by atoms with van der Waals surface area (Å²) in [5.41, 5.74) is 3.45. The second-order valence-electron chi connectivity index (χ2n) is 6.03. The summed E-state index contributed by atoms with van der Waals surface area (Å²) in [4.78, 5) is 0. The van der Waals surface area contributed by atoms with Crippen LogP contribution < -0.4 is 0 Å². The lowest BCUT2D eigenvalue weighted by Crippen LogP contribution is -2.12. The first kappa shape index (κ1) is 14.1. The molecule has 0 saturated carbocycles. The number of phenolic OH excluding ortho intramolecular Hbond substituents is 1. The standard InChI is InChI=1S/C16H26O/c1-6-7-8-9-13-10-12(2)11-14(15(13)17)16(3,4)5/h10-11,17H,6-9H2,1-5H3. The van der Waals surface area contributed by atoms with E-state index in [2.05, 4.69) is 46.8 Å². The van der Waals surface area contributed by atoms with Crippen molar-refractivity contribution in [3.63, 3.8) is 0 Å². The first-order valence-electron chi connectivity index (χ1n) is 6.69. The van der Waals surface area contributed by atoms with Gasteiger partial charge in [-0.3, -0.25) is 0 Å². The summed E-state index contributed by atoms with van der Waals surface area (Å²) in [6.07, 6.45) is 4.61. The van der Waals surface area contributed by atoms with Gasteiger partial charge in [0, 0.05) is 0 Å². The van der Waals surface area contributed by atoms with E-state index >= 15 is 0 Å². The molecule has 0 aromatic heterocycles. The minimum Gasteiger partial charge on any atom is -0.507 e. The van der Waals surface area contributed by atoms with Gasteiger partial charge in [-0.2, -0.15) is 0 Å². The van der Waals surface area contributed by atoms with Gasteiger partial charge in [0.15, 0.2) is 0 Å². The zero-order chi connectivity index (χ0) is 13.1. The first-order chi connectivity index (χ1) is 7.86. The van der Waals surface area contributed by atoms with Gasteiger partial charge in [0.1, 0.15) is 5.75 Å². The van der Waals surface area contributed by atoms with Crippen LogP contribution in [0.4, 0.5) is 0 Å².